The van der Waals surface area contributed by atoms with Crippen molar-refractivity contribution >= 4 is 40.3 Å². The molecule has 1 heterocycles. The Morgan fingerprint density at radius 3 is 2.40 bits per heavy atom. The molecule has 1 saturated heterocycles. The Kier molecular flexibility index (Phi) is 6.11. The van der Waals surface area contributed by atoms with Gasteiger partial charge >= 0.3 is 0 Å². The van der Waals surface area contributed by atoms with E-state index in [1.54, 1.807) is 24.3 Å². The van der Waals surface area contributed by atoms with E-state index in [-0.39, 0.29) is 12.5 Å². The topological polar surface area (TPSA) is 57.4 Å². The van der Waals surface area contributed by atoms with Crippen LogP contribution < -0.4 is 14.5 Å². The first kappa shape index (κ1) is 21.8. The average Bonchev–Trinajstić information content (AvgIpc) is 2.90. The number of carbonyl (C=O) groups excluding carboxylic acids is 1. The fourth-order valence-electron chi connectivity index (χ4n) is 3.36. The maximum absolute atomic E-state index is 13.2. The Morgan fingerprint density at radius 1 is 1.20 bits per heavy atom. The first-order valence-corrected chi connectivity index (χ1v) is 10.2. The molecule has 1 aliphatic rings. The monoisotopic (exact) mass is 423 g/mol. The molecular formula is C23H25N3O3S. The number of nitrogens with zero attached hydrogens (tertiary/aromatic N) is 3. The van der Waals surface area contributed by atoms with Gasteiger partial charge in [-0.3, -0.25) is 9.69 Å². The number of hydrogen-bond donors (Lipinski definition) is 1. The quantitative estimate of drug-likeness (QED) is 0.543. The predicted molar refractivity (Wildman–Crippen MR) is 122 cm³/mol. The van der Waals surface area contributed by atoms with Crippen molar-refractivity contribution in [1.29, 1.82) is 0 Å². The largest absolute Gasteiger partial charge is 0.491 e. The van der Waals surface area contributed by atoms with Gasteiger partial charge in [0, 0.05) is 11.4 Å². The lowest BCUT2D eigenvalue weighted by Gasteiger charge is -2.29. The minimum absolute atomic E-state index is 0.131. The first-order valence-electron chi connectivity index (χ1n) is 9.78. The fraction of sp³-hybridized carbons (Fsp3) is 0.348. The molecule has 7 heteroatoms. The number of thiocarbonyl (C=S) groups is 1. The fourth-order valence-corrected chi connectivity index (χ4v) is 3.88. The summed E-state index contributed by atoms with van der Waals surface area (Å²) in [5.41, 5.74) is 1.91. The van der Waals surface area contributed by atoms with Gasteiger partial charge in [0.15, 0.2) is 10.8 Å². The van der Waals surface area contributed by atoms with E-state index >= 15 is 0 Å². The summed E-state index contributed by atoms with van der Waals surface area (Å²) in [4.78, 5) is 20.1. The molecule has 0 bridgehead atoms. The second-order valence-electron chi connectivity index (χ2n) is 7.77. The summed E-state index contributed by atoms with van der Waals surface area (Å²) in [5.74, 6) is 0.511. The van der Waals surface area contributed by atoms with Crippen LogP contribution in [0.25, 0.3) is 4.85 Å². The molecule has 1 amide bonds. The maximum Gasteiger partial charge on any atom is 0.259 e. The second kappa shape index (κ2) is 8.42. The number of rotatable bonds is 6. The second-order valence-corrected chi connectivity index (χ2v) is 8.13. The van der Waals surface area contributed by atoms with Crippen LogP contribution in [0.5, 0.6) is 5.75 Å². The molecule has 2 aromatic rings. The lowest BCUT2D eigenvalue weighted by atomic mass is 10.0. The van der Waals surface area contributed by atoms with E-state index in [0.29, 0.717) is 28.7 Å². The van der Waals surface area contributed by atoms with Crippen LogP contribution >= 0.6 is 12.2 Å². The Bertz CT molecular complexity index is 1010. The zero-order valence-corrected chi connectivity index (χ0v) is 18.4. The molecule has 1 atom stereocenters. The number of anilines is 2. The van der Waals surface area contributed by atoms with E-state index < -0.39 is 11.6 Å². The van der Waals surface area contributed by atoms with Crippen molar-refractivity contribution in [3.8, 4) is 5.75 Å². The SMILES string of the molecule is [C-]#[N+]c1ccc(N2C(=O)C(C)(C)N(c3ccc(OC[C@@H](O)CC)cc3)C2=S)cc1C. The lowest BCUT2D eigenvalue weighted by molar-refractivity contribution is -0.120. The van der Waals surface area contributed by atoms with Gasteiger partial charge in [-0.2, -0.15) is 0 Å². The van der Waals surface area contributed by atoms with Crippen LogP contribution in [0.1, 0.15) is 32.8 Å². The third-order valence-electron chi connectivity index (χ3n) is 5.24. The van der Waals surface area contributed by atoms with Gasteiger partial charge < -0.3 is 14.7 Å². The number of aliphatic hydroxyl groups excluding tert-OH is 1. The summed E-state index contributed by atoms with van der Waals surface area (Å²) in [5, 5.41) is 10.0. The molecule has 3 rings (SSSR count). The number of benzene rings is 2. The zero-order chi connectivity index (χ0) is 22.1. The molecule has 1 fully saturated rings. The number of hydrogen-bond acceptors (Lipinski definition) is 4. The summed E-state index contributed by atoms with van der Waals surface area (Å²) in [6.07, 6.45) is 0.126. The summed E-state index contributed by atoms with van der Waals surface area (Å²) >= 11 is 5.70. The minimum atomic E-state index is -0.871. The molecule has 0 spiro atoms. The molecule has 1 aliphatic heterocycles. The predicted octanol–water partition coefficient (Wildman–Crippen LogP) is 4.61. The number of amides is 1. The van der Waals surface area contributed by atoms with Crippen LogP contribution in [0.4, 0.5) is 17.1 Å². The van der Waals surface area contributed by atoms with Crippen molar-refractivity contribution in [3.63, 3.8) is 0 Å². The van der Waals surface area contributed by atoms with Gasteiger partial charge in [-0.1, -0.05) is 13.0 Å². The van der Waals surface area contributed by atoms with Crippen LogP contribution in [-0.2, 0) is 4.79 Å². The van der Waals surface area contributed by atoms with E-state index in [4.69, 9.17) is 23.5 Å². The summed E-state index contributed by atoms with van der Waals surface area (Å²) in [6.45, 7) is 14.9. The molecule has 0 saturated carbocycles. The maximum atomic E-state index is 13.2. The summed E-state index contributed by atoms with van der Waals surface area (Å²) in [7, 11) is 0. The van der Waals surface area contributed by atoms with Crippen LogP contribution in [0.15, 0.2) is 42.5 Å². The molecule has 0 aromatic heterocycles. The van der Waals surface area contributed by atoms with Gasteiger partial charge in [0.2, 0.25) is 0 Å². The molecule has 6 nitrogen and oxygen atoms in total. The lowest BCUT2D eigenvalue weighted by Crippen LogP contribution is -2.44. The molecular weight excluding hydrogens is 398 g/mol. The van der Waals surface area contributed by atoms with E-state index in [1.165, 1.54) is 4.90 Å². The van der Waals surface area contributed by atoms with Crippen LogP contribution in [-0.4, -0.2) is 34.4 Å². The highest BCUT2D eigenvalue weighted by atomic mass is 32.1. The third-order valence-corrected chi connectivity index (χ3v) is 5.60. The van der Waals surface area contributed by atoms with Crippen LogP contribution in [0.3, 0.4) is 0 Å². The van der Waals surface area contributed by atoms with Crippen molar-refractivity contribution in [2.75, 3.05) is 16.4 Å². The summed E-state index contributed by atoms with van der Waals surface area (Å²) < 4.78 is 5.60. The third kappa shape index (κ3) is 3.89. The first-order chi connectivity index (χ1) is 14.2. The number of aryl methyl sites for hydroxylation is 1. The number of ether oxygens (including phenoxy) is 1. The van der Waals surface area contributed by atoms with Gasteiger partial charge in [-0.05, 0) is 81.4 Å². The van der Waals surface area contributed by atoms with Gasteiger partial charge in [0.25, 0.3) is 5.91 Å². The van der Waals surface area contributed by atoms with Crippen molar-refractivity contribution in [2.24, 2.45) is 0 Å². The Balaban J connectivity index is 1.89. The Labute approximate surface area is 182 Å². The highest BCUT2D eigenvalue weighted by Crippen LogP contribution is 2.38. The average molecular weight is 424 g/mol. The Hall–Kier alpha value is -2.95. The molecule has 0 unspecified atom stereocenters. The smallest absolute Gasteiger partial charge is 0.259 e. The van der Waals surface area contributed by atoms with Crippen molar-refractivity contribution < 1.29 is 14.6 Å². The molecule has 2 aromatic carbocycles. The molecule has 30 heavy (non-hydrogen) atoms. The summed E-state index contributed by atoms with van der Waals surface area (Å²) in [6, 6.07) is 12.6. The number of aliphatic hydroxyl groups is 1. The highest BCUT2D eigenvalue weighted by Gasteiger charge is 2.50. The zero-order valence-electron chi connectivity index (χ0n) is 17.5. The van der Waals surface area contributed by atoms with Crippen LogP contribution in [0.2, 0.25) is 0 Å². The molecule has 1 N–H and O–H groups in total. The highest BCUT2D eigenvalue weighted by molar-refractivity contribution is 7.81. The number of carbonyl (C=O) groups is 1. The van der Waals surface area contributed by atoms with Gasteiger partial charge in [0.05, 0.1) is 12.7 Å². The standard InChI is InChI=1S/C23H25N3O3S/c1-6-18(27)14-29-19-10-7-16(8-11-19)26-22(30)25(21(28)23(26,3)4)17-9-12-20(24-5)15(2)13-17/h7-13,18,27H,6,14H2,1-4H3/t18-/m0/s1. The van der Waals surface area contributed by atoms with Gasteiger partial charge in [0.1, 0.15) is 17.9 Å². The van der Waals surface area contributed by atoms with Crippen molar-refractivity contribution in [3.05, 3.63) is 59.4 Å². The van der Waals surface area contributed by atoms with Crippen molar-refractivity contribution in [1.82, 2.24) is 0 Å². The van der Waals surface area contributed by atoms with E-state index in [1.807, 2.05) is 50.8 Å². The van der Waals surface area contributed by atoms with E-state index in [9.17, 15) is 9.90 Å². The van der Waals surface area contributed by atoms with E-state index in [2.05, 4.69) is 4.85 Å². The Morgan fingerprint density at radius 2 is 1.83 bits per heavy atom. The van der Waals surface area contributed by atoms with Crippen LogP contribution in [0, 0.1) is 13.5 Å². The van der Waals surface area contributed by atoms with Crippen molar-refractivity contribution in [2.45, 2.75) is 45.8 Å². The van der Waals surface area contributed by atoms with Gasteiger partial charge in [-0.15, -0.1) is 0 Å². The normalized spacial score (nSPS) is 16.5. The van der Waals surface area contributed by atoms with Gasteiger partial charge in [-0.25, -0.2) is 4.85 Å². The minimum Gasteiger partial charge on any atom is -0.491 e. The van der Waals surface area contributed by atoms with E-state index in [0.717, 1.165) is 11.3 Å². The molecule has 156 valence electrons. The molecule has 0 radical (unpaired) electrons. The molecule has 0 aliphatic carbocycles.